The van der Waals surface area contributed by atoms with Crippen LogP contribution in [0.15, 0.2) is 65.0 Å². The normalized spacial score (nSPS) is 21.0. The summed E-state index contributed by atoms with van der Waals surface area (Å²) in [4.78, 5) is 28.7. The summed E-state index contributed by atoms with van der Waals surface area (Å²) in [5.74, 6) is 6.07. The third-order valence-electron chi connectivity index (χ3n) is 5.54. The fourth-order valence-corrected chi connectivity index (χ4v) is 4.31. The molecule has 0 aromatic heterocycles. The molecule has 1 spiro atoms. The largest absolute Gasteiger partial charge is 0.444 e. The van der Waals surface area contributed by atoms with Crippen molar-refractivity contribution < 1.29 is 14.3 Å². The lowest BCUT2D eigenvalue weighted by Crippen LogP contribution is -2.49. The van der Waals surface area contributed by atoms with E-state index in [0.717, 1.165) is 22.5 Å². The Balaban J connectivity index is 1.38. The number of alkyl carbamates (subject to hydrolysis) is 1. The molecular formula is C26H28ClN5O3. The van der Waals surface area contributed by atoms with E-state index in [1.54, 1.807) is 12.5 Å². The predicted octanol–water partition coefficient (Wildman–Crippen LogP) is 4.13. The fraction of sp³-hybridized carbons (Fsp3) is 0.346. The van der Waals surface area contributed by atoms with Gasteiger partial charge in [0.25, 0.3) is 0 Å². The summed E-state index contributed by atoms with van der Waals surface area (Å²) in [5, 5.41) is 4.48. The smallest absolute Gasteiger partial charge is 0.408 e. The topological polar surface area (TPSA) is 86.3 Å². The number of carbonyl (C=O) groups is 2. The van der Waals surface area contributed by atoms with Crippen molar-refractivity contribution in [2.75, 3.05) is 18.5 Å². The van der Waals surface area contributed by atoms with Gasteiger partial charge in [-0.15, -0.1) is 0 Å². The van der Waals surface area contributed by atoms with Gasteiger partial charge in [0, 0.05) is 36.4 Å². The van der Waals surface area contributed by atoms with Gasteiger partial charge >= 0.3 is 6.09 Å². The zero-order valence-corrected chi connectivity index (χ0v) is 20.7. The first kappa shape index (κ1) is 24.4. The number of aliphatic imine (C=N–C) groups is 1. The van der Waals surface area contributed by atoms with E-state index < -0.39 is 17.2 Å². The molecular weight excluding hydrogens is 466 g/mol. The van der Waals surface area contributed by atoms with Crippen molar-refractivity contribution in [3.05, 3.63) is 65.5 Å². The van der Waals surface area contributed by atoms with E-state index in [9.17, 15) is 9.59 Å². The van der Waals surface area contributed by atoms with E-state index in [1.165, 1.54) is 4.42 Å². The van der Waals surface area contributed by atoms with Gasteiger partial charge in [-0.1, -0.05) is 24.0 Å². The van der Waals surface area contributed by atoms with Crippen LogP contribution in [-0.4, -0.2) is 51.9 Å². The number of rotatable bonds is 3. The third kappa shape index (κ3) is 5.87. The number of ketones is 1. The number of hydrogen-bond donors (Lipinski definition) is 2. The Hall–Kier alpha value is -3.70. The van der Waals surface area contributed by atoms with Crippen LogP contribution < -0.4 is 10.7 Å². The number of Topliss-reactive ketones (excluding diaryl/α,β-unsaturated/α-hetero) is 1. The molecule has 1 aromatic carbocycles. The molecule has 3 aliphatic rings. The number of hydrogen-bond acceptors (Lipinski definition) is 7. The summed E-state index contributed by atoms with van der Waals surface area (Å²) in [5.41, 5.74) is 5.52. The minimum absolute atomic E-state index is 0.142. The van der Waals surface area contributed by atoms with Gasteiger partial charge in [-0.25, -0.2) is 4.79 Å². The molecule has 4 rings (SSSR count). The van der Waals surface area contributed by atoms with Gasteiger partial charge in [0.05, 0.1) is 24.5 Å². The quantitative estimate of drug-likeness (QED) is 0.486. The van der Waals surface area contributed by atoms with Crippen molar-refractivity contribution in [2.24, 2.45) is 4.99 Å². The van der Waals surface area contributed by atoms with E-state index in [2.05, 4.69) is 22.6 Å². The molecule has 1 aliphatic carbocycles. The standard InChI is InChI=1S/C26H28ClN5O3/c1-25(2,3)35-24(34)28-14-4-6-19-8-10-21(11-9-19)30-31-17-20-7-5-15-32(27)23-13-12-22(33)16-26(20,23)29-18-31/h5,7-11,13,15,18,30H,12,14,16-17H2,1-3H3,(H,28,34). The summed E-state index contributed by atoms with van der Waals surface area (Å²) >= 11 is 6.42. The van der Waals surface area contributed by atoms with Crippen molar-refractivity contribution in [3.63, 3.8) is 0 Å². The lowest BCUT2D eigenvalue weighted by Gasteiger charge is -2.42. The number of allylic oxidation sites excluding steroid dienone is 3. The molecule has 0 saturated carbocycles. The number of benzene rings is 1. The van der Waals surface area contributed by atoms with Gasteiger partial charge < -0.3 is 10.1 Å². The van der Waals surface area contributed by atoms with Crippen molar-refractivity contribution in [2.45, 2.75) is 44.8 Å². The molecule has 0 radical (unpaired) electrons. The molecule has 1 atom stereocenters. The number of anilines is 1. The van der Waals surface area contributed by atoms with Gasteiger partial charge in [-0.2, -0.15) is 0 Å². The number of hydrazine groups is 1. The lowest BCUT2D eigenvalue weighted by molar-refractivity contribution is -0.119. The first-order valence-corrected chi connectivity index (χ1v) is 11.7. The highest BCUT2D eigenvalue weighted by Gasteiger charge is 2.46. The monoisotopic (exact) mass is 493 g/mol. The SMILES string of the molecule is CC(C)(C)OC(=O)NCC#Cc1ccc(NN2C=NC34CC(=O)CC=C3N(Cl)C=CC=C4C2)cc1. The highest BCUT2D eigenvalue weighted by molar-refractivity contribution is 6.15. The van der Waals surface area contributed by atoms with Crippen LogP contribution in [0.25, 0.3) is 0 Å². The highest BCUT2D eigenvalue weighted by atomic mass is 35.5. The fourth-order valence-electron chi connectivity index (χ4n) is 4.03. The Kier molecular flexibility index (Phi) is 6.90. The molecule has 2 aliphatic heterocycles. The Bertz CT molecular complexity index is 1180. The van der Waals surface area contributed by atoms with Gasteiger partial charge in [0.2, 0.25) is 0 Å². The molecule has 0 fully saturated rings. The Labute approximate surface area is 210 Å². The first-order chi connectivity index (χ1) is 16.6. The highest BCUT2D eigenvalue weighted by Crippen LogP contribution is 2.43. The van der Waals surface area contributed by atoms with Gasteiger partial charge in [-0.05, 0) is 56.7 Å². The van der Waals surface area contributed by atoms with Crippen LogP contribution >= 0.6 is 11.8 Å². The second-order valence-electron chi connectivity index (χ2n) is 9.43. The summed E-state index contributed by atoms with van der Waals surface area (Å²) in [6.07, 6.45) is 9.38. The predicted molar refractivity (Wildman–Crippen MR) is 136 cm³/mol. The second-order valence-corrected chi connectivity index (χ2v) is 9.80. The molecule has 9 heteroatoms. The van der Waals surface area contributed by atoms with Crippen molar-refractivity contribution in [1.82, 2.24) is 14.7 Å². The van der Waals surface area contributed by atoms with Crippen molar-refractivity contribution >= 4 is 35.7 Å². The molecule has 0 bridgehead atoms. The van der Waals surface area contributed by atoms with Crippen LogP contribution in [-0.2, 0) is 9.53 Å². The van der Waals surface area contributed by atoms with Crippen molar-refractivity contribution in [1.29, 1.82) is 0 Å². The van der Waals surface area contributed by atoms with E-state index in [1.807, 2.05) is 68.3 Å². The minimum Gasteiger partial charge on any atom is -0.444 e. The zero-order chi connectivity index (χ0) is 25.1. The maximum atomic E-state index is 12.3. The number of nitrogens with one attached hydrogen (secondary N) is 2. The number of amides is 1. The molecule has 35 heavy (non-hydrogen) atoms. The van der Waals surface area contributed by atoms with Gasteiger partial charge in [0.1, 0.15) is 23.3 Å². The molecule has 8 nitrogen and oxygen atoms in total. The summed E-state index contributed by atoms with van der Waals surface area (Å²) in [7, 11) is 0. The minimum atomic E-state index is -0.758. The van der Waals surface area contributed by atoms with E-state index in [-0.39, 0.29) is 12.3 Å². The Morgan fingerprint density at radius 2 is 2.06 bits per heavy atom. The number of ether oxygens (including phenoxy) is 1. The number of carbonyl (C=O) groups excluding carboxylic acids is 2. The molecule has 1 unspecified atom stereocenters. The van der Waals surface area contributed by atoms with Crippen LogP contribution in [0.2, 0.25) is 0 Å². The van der Waals surface area contributed by atoms with E-state index in [4.69, 9.17) is 21.5 Å². The van der Waals surface area contributed by atoms with Gasteiger partial charge in [-0.3, -0.25) is 24.6 Å². The molecule has 1 aromatic rings. The lowest BCUT2D eigenvalue weighted by atomic mass is 9.77. The Morgan fingerprint density at radius 1 is 1.29 bits per heavy atom. The third-order valence-corrected chi connectivity index (χ3v) is 5.84. The molecule has 2 N–H and O–H groups in total. The maximum absolute atomic E-state index is 12.3. The second kappa shape index (κ2) is 9.88. The molecule has 2 heterocycles. The van der Waals surface area contributed by atoms with Crippen LogP contribution in [0.3, 0.4) is 0 Å². The van der Waals surface area contributed by atoms with Crippen LogP contribution in [0.1, 0.15) is 39.2 Å². The number of nitrogens with zero attached hydrogens (tertiary/aromatic N) is 3. The zero-order valence-electron chi connectivity index (χ0n) is 20.0. The van der Waals surface area contributed by atoms with Crippen LogP contribution in [0, 0.1) is 11.8 Å². The summed E-state index contributed by atoms with van der Waals surface area (Å²) in [6, 6.07) is 7.62. The number of halogens is 1. The van der Waals surface area contributed by atoms with E-state index in [0.29, 0.717) is 19.4 Å². The maximum Gasteiger partial charge on any atom is 0.408 e. The molecule has 182 valence electrons. The summed E-state index contributed by atoms with van der Waals surface area (Å²) < 4.78 is 6.71. The molecule has 1 amide bonds. The average molecular weight is 494 g/mol. The van der Waals surface area contributed by atoms with Gasteiger partial charge in [0.15, 0.2) is 0 Å². The van der Waals surface area contributed by atoms with Crippen molar-refractivity contribution in [3.8, 4) is 11.8 Å². The summed E-state index contributed by atoms with van der Waals surface area (Å²) in [6.45, 7) is 6.17. The van der Waals surface area contributed by atoms with Crippen LogP contribution in [0.5, 0.6) is 0 Å². The molecule has 0 saturated heterocycles. The Morgan fingerprint density at radius 3 is 2.80 bits per heavy atom. The van der Waals surface area contributed by atoms with E-state index >= 15 is 0 Å². The average Bonchev–Trinajstić information content (AvgIpc) is 2.92. The van der Waals surface area contributed by atoms with Crippen LogP contribution in [0.4, 0.5) is 10.5 Å². The first-order valence-electron chi connectivity index (χ1n) is 11.3.